The van der Waals surface area contributed by atoms with Gasteiger partial charge in [-0.1, -0.05) is 12.5 Å². The summed E-state index contributed by atoms with van der Waals surface area (Å²) in [6.45, 7) is 0. The van der Waals surface area contributed by atoms with Crippen LogP contribution in [0.25, 0.3) is 0 Å². The number of rotatable bonds is 3. The first-order valence-corrected chi connectivity index (χ1v) is 7.22. The number of hydrogen-bond acceptors (Lipinski definition) is 2. The minimum absolute atomic E-state index is 0.225. The molecule has 19 heavy (non-hydrogen) atoms. The monoisotopic (exact) mass is 258 g/mol. The lowest BCUT2D eigenvalue weighted by molar-refractivity contribution is -0.121. The van der Waals surface area contributed by atoms with Crippen LogP contribution < -0.4 is 10.2 Å². The Hall–Kier alpha value is -1.51. The normalized spacial score (nSPS) is 28.4. The Kier molecular flexibility index (Phi) is 3.21. The van der Waals surface area contributed by atoms with Gasteiger partial charge in [-0.3, -0.25) is 4.79 Å². The summed E-state index contributed by atoms with van der Waals surface area (Å²) < 4.78 is 0. The Morgan fingerprint density at radius 2 is 2.11 bits per heavy atom. The summed E-state index contributed by atoms with van der Waals surface area (Å²) in [5, 5.41) is 3.10. The van der Waals surface area contributed by atoms with Crippen LogP contribution in [0.2, 0.25) is 0 Å². The predicted octanol–water partition coefficient (Wildman–Crippen LogP) is 3.13. The van der Waals surface area contributed by atoms with E-state index >= 15 is 0 Å². The highest BCUT2D eigenvalue weighted by molar-refractivity contribution is 5.93. The van der Waals surface area contributed by atoms with E-state index in [0.29, 0.717) is 5.92 Å². The Morgan fingerprint density at radius 3 is 2.74 bits per heavy atom. The highest BCUT2D eigenvalue weighted by atomic mass is 16.1. The highest BCUT2D eigenvalue weighted by Gasteiger charge is 2.42. The molecule has 1 amide bonds. The second-order valence-electron chi connectivity index (χ2n) is 6.22. The van der Waals surface area contributed by atoms with Gasteiger partial charge in [0.1, 0.15) is 0 Å². The van der Waals surface area contributed by atoms with Crippen molar-refractivity contribution in [2.45, 2.75) is 25.7 Å². The van der Waals surface area contributed by atoms with E-state index in [-0.39, 0.29) is 11.8 Å². The van der Waals surface area contributed by atoms with Crippen molar-refractivity contribution in [3.63, 3.8) is 0 Å². The fourth-order valence-electron chi connectivity index (χ4n) is 3.66. The van der Waals surface area contributed by atoms with E-state index in [1.807, 2.05) is 43.3 Å². The zero-order valence-electron chi connectivity index (χ0n) is 11.7. The van der Waals surface area contributed by atoms with Crippen molar-refractivity contribution in [1.82, 2.24) is 0 Å². The molecule has 3 heteroatoms. The molecule has 0 aromatic heterocycles. The van der Waals surface area contributed by atoms with E-state index in [0.717, 1.165) is 23.7 Å². The van der Waals surface area contributed by atoms with Crippen molar-refractivity contribution in [1.29, 1.82) is 0 Å². The van der Waals surface area contributed by atoms with E-state index in [1.165, 1.54) is 19.3 Å². The molecule has 102 valence electrons. The standard InChI is InChI=1S/C16H22N2O/c1-18(2)14-5-3-4-13(10-14)17-16(19)15-9-11-6-7-12(15)8-11/h3-5,10-12,15H,6-9H2,1-2H3,(H,17,19). The van der Waals surface area contributed by atoms with E-state index in [4.69, 9.17) is 0 Å². The number of carbonyl (C=O) groups is 1. The van der Waals surface area contributed by atoms with Crippen molar-refractivity contribution in [2.24, 2.45) is 17.8 Å². The SMILES string of the molecule is CN(C)c1cccc(NC(=O)C2CC3CCC2C3)c1. The lowest BCUT2D eigenvalue weighted by atomic mass is 9.88. The van der Waals surface area contributed by atoms with Gasteiger partial charge in [-0.15, -0.1) is 0 Å². The number of amides is 1. The van der Waals surface area contributed by atoms with Crippen LogP contribution in [-0.4, -0.2) is 20.0 Å². The fraction of sp³-hybridized carbons (Fsp3) is 0.562. The molecule has 2 aliphatic rings. The number of fused-ring (bicyclic) bond motifs is 2. The molecule has 0 radical (unpaired) electrons. The number of carbonyl (C=O) groups excluding carboxylic acids is 1. The quantitative estimate of drug-likeness (QED) is 0.903. The van der Waals surface area contributed by atoms with Crippen LogP contribution in [-0.2, 0) is 4.79 Å². The number of nitrogens with zero attached hydrogens (tertiary/aromatic N) is 1. The third-order valence-corrected chi connectivity index (χ3v) is 4.70. The first-order chi connectivity index (χ1) is 9.13. The summed E-state index contributed by atoms with van der Waals surface area (Å²) in [6, 6.07) is 8.04. The van der Waals surface area contributed by atoms with Gasteiger partial charge in [0.15, 0.2) is 0 Å². The molecule has 3 rings (SSSR count). The lowest BCUT2D eigenvalue weighted by Crippen LogP contribution is -2.27. The van der Waals surface area contributed by atoms with E-state index < -0.39 is 0 Å². The van der Waals surface area contributed by atoms with Crippen LogP contribution in [0.15, 0.2) is 24.3 Å². The maximum atomic E-state index is 12.4. The molecule has 3 atom stereocenters. The third-order valence-electron chi connectivity index (χ3n) is 4.70. The molecule has 2 saturated carbocycles. The Balaban J connectivity index is 1.68. The largest absolute Gasteiger partial charge is 0.378 e. The molecule has 1 aromatic rings. The lowest BCUT2D eigenvalue weighted by Gasteiger charge is -2.21. The van der Waals surface area contributed by atoms with Gasteiger partial charge >= 0.3 is 0 Å². The first-order valence-electron chi connectivity index (χ1n) is 7.22. The molecule has 1 aromatic carbocycles. The van der Waals surface area contributed by atoms with Crippen molar-refractivity contribution in [2.75, 3.05) is 24.3 Å². The zero-order valence-corrected chi connectivity index (χ0v) is 11.7. The van der Waals surface area contributed by atoms with E-state index in [1.54, 1.807) is 0 Å². The predicted molar refractivity (Wildman–Crippen MR) is 78.3 cm³/mol. The molecule has 2 fully saturated rings. The summed E-state index contributed by atoms with van der Waals surface area (Å²) in [7, 11) is 4.02. The first kappa shape index (κ1) is 12.5. The molecule has 0 aliphatic heterocycles. The van der Waals surface area contributed by atoms with Crippen LogP contribution in [0.4, 0.5) is 11.4 Å². The number of benzene rings is 1. The molecular weight excluding hydrogens is 236 g/mol. The van der Waals surface area contributed by atoms with Crippen LogP contribution in [0, 0.1) is 17.8 Å². The number of hydrogen-bond donors (Lipinski definition) is 1. The Morgan fingerprint density at radius 1 is 1.26 bits per heavy atom. The second kappa shape index (κ2) is 4.87. The smallest absolute Gasteiger partial charge is 0.227 e. The Bertz CT molecular complexity index is 483. The van der Waals surface area contributed by atoms with Gasteiger partial charge in [-0.05, 0) is 49.3 Å². The van der Waals surface area contributed by atoms with Gasteiger partial charge in [0.25, 0.3) is 0 Å². The highest BCUT2D eigenvalue weighted by Crippen LogP contribution is 2.48. The second-order valence-corrected chi connectivity index (χ2v) is 6.22. The molecular formula is C16H22N2O. The molecule has 3 unspecified atom stereocenters. The van der Waals surface area contributed by atoms with Crippen molar-refractivity contribution < 1.29 is 4.79 Å². The molecule has 0 spiro atoms. The summed E-state index contributed by atoms with van der Waals surface area (Å²) in [5.41, 5.74) is 2.03. The molecule has 3 nitrogen and oxygen atoms in total. The molecule has 2 bridgehead atoms. The third kappa shape index (κ3) is 2.46. The van der Waals surface area contributed by atoms with E-state index in [2.05, 4.69) is 5.32 Å². The Labute approximate surface area is 115 Å². The maximum Gasteiger partial charge on any atom is 0.227 e. The average molecular weight is 258 g/mol. The van der Waals surface area contributed by atoms with E-state index in [9.17, 15) is 4.79 Å². The minimum atomic E-state index is 0.225. The average Bonchev–Trinajstić information content (AvgIpc) is 3.01. The van der Waals surface area contributed by atoms with Gasteiger partial charge in [0.05, 0.1) is 0 Å². The summed E-state index contributed by atoms with van der Waals surface area (Å²) in [6.07, 6.45) is 4.96. The summed E-state index contributed by atoms with van der Waals surface area (Å²) >= 11 is 0. The number of nitrogens with one attached hydrogen (secondary N) is 1. The van der Waals surface area contributed by atoms with Crippen LogP contribution in [0.5, 0.6) is 0 Å². The van der Waals surface area contributed by atoms with Gasteiger partial charge in [-0.25, -0.2) is 0 Å². The molecule has 1 N–H and O–H groups in total. The molecule has 2 aliphatic carbocycles. The van der Waals surface area contributed by atoms with Gasteiger partial charge in [0.2, 0.25) is 5.91 Å². The van der Waals surface area contributed by atoms with Gasteiger partial charge in [-0.2, -0.15) is 0 Å². The topological polar surface area (TPSA) is 32.3 Å². The van der Waals surface area contributed by atoms with Crippen molar-refractivity contribution >= 4 is 17.3 Å². The van der Waals surface area contributed by atoms with Gasteiger partial charge < -0.3 is 10.2 Å². The summed E-state index contributed by atoms with van der Waals surface area (Å²) in [4.78, 5) is 14.4. The number of anilines is 2. The van der Waals surface area contributed by atoms with Crippen LogP contribution in [0.1, 0.15) is 25.7 Å². The van der Waals surface area contributed by atoms with Gasteiger partial charge in [0, 0.05) is 31.4 Å². The zero-order chi connectivity index (χ0) is 13.4. The fourth-order valence-corrected chi connectivity index (χ4v) is 3.66. The van der Waals surface area contributed by atoms with Crippen LogP contribution >= 0.6 is 0 Å². The van der Waals surface area contributed by atoms with Crippen molar-refractivity contribution in [3.05, 3.63) is 24.3 Å². The molecule has 0 heterocycles. The minimum Gasteiger partial charge on any atom is -0.378 e. The van der Waals surface area contributed by atoms with Crippen molar-refractivity contribution in [3.8, 4) is 0 Å². The molecule has 0 saturated heterocycles. The van der Waals surface area contributed by atoms with Crippen LogP contribution in [0.3, 0.4) is 0 Å². The maximum absolute atomic E-state index is 12.4. The summed E-state index contributed by atoms with van der Waals surface area (Å²) in [5.74, 6) is 1.93.